The van der Waals surface area contributed by atoms with E-state index < -0.39 is 12.1 Å². The number of aliphatic hydroxyl groups is 1. The third-order valence-corrected chi connectivity index (χ3v) is 1.86. The van der Waals surface area contributed by atoms with Crippen LogP contribution in [0.15, 0.2) is 30.3 Å². The van der Waals surface area contributed by atoms with E-state index in [-0.39, 0.29) is 6.61 Å². The lowest BCUT2D eigenvalue weighted by molar-refractivity contribution is -0.153. The summed E-state index contributed by atoms with van der Waals surface area (Å²) in [6.45, 7) is 0.316. The van der Waals surface area contributed by atoms with Crippen LogP contribution in [0.5, 0.6) is 0 Å². The van der Waals surface area contributed by atoms with Crippen molar-refractivity contribution >= 4 is 5.97 Å². The number of benzene rings is 1. The van der Waals surface area contributed by atoms with Crippen molar-refractivity contribution in [1.82, 2.24) is 0 Å². The first-order chi connectivity index (χ1) is 7.24. The minimum atomic E-state index is -1.21. The Kier molecular flexibility index (Phi) is 4.80. The molecule has 0 saturated carbocycles. The van der Waals surface area contributed by atoms with E-state index in [1.54, 1.807) is 0 Å². The fourth-order valence-electron chi connectivity index (χ4n) is 1.07. The third-order valence-electron chi connectivity index (χ3n) is 1.86. The van der Waals surface area contributed by atoms with Crippen LogP contribution < -0.4 is 0 Å². The molecule has 4 heteroatoms. The minimum absolute atomic E-state index is 0.0540. The van der Waals surface area contributed by atoms with E-state index in [0.29, 0.717) is 6.61 Å². The van der Waals surface area contributed by atoms with Gasteiger partial charge in [-0.1, -0.05) is 30.3 Å². The summed E-state index contributed by atoms with van der Waals surface area (Å²) in [6, 6.07) is 9.52. The maximum atomic E-state index is 10.8. The monoisotopic (exact) mass is 210 g/mol. The summed E-state index contributed by atoms with van der Waals surface area (Å²) in [6.07, 6.45) is -1.21. The molecule has 1 N–H and O–H groups in total. The molecule has 1 rings (SSSR count). The lowest BCUT2D eigenvalue weighted by atomic mass is 10.2. The van der Waals surface area contributed by atoms with Crippen molar-refractivity contribution in [3.63, 3.8) is 0 Å². The Balaban J connectivity index is 2.25. The van der Waals surface area contributed by atoms with Gasteiger partial charge >= 0.3 is 5.97 Å². The molecule has 0 aliphatic carbocycles. The normalized spacial score (nSPS) is 12.1. The van der Waals surface area contributed by atoms with E-state index in [9.17, 15) is 9.90 Å². The van der Waals surface area contributed by atoms with E-state index in [2.05, 4.69) is 4.74 Å². The molecular formula is C11H14O4. The Morgan fingerprint density at radius 3 is 2.67 bits per heavy atom. The fourth-order valence-corrected chi connectivity index (χ4v) is 1.07. The molecule has 15 heavy (non-hydrogen) atoms. The summed E-state index contributed by atoms with van der Waals surface area (Å²) in [5.74, 6) is -0.678. The van der Waals surface area contributed by atoms with Crippen molar-refractivity contribution in [1.29, 1.82) is 0 Å². The van der Waals surface area contributed by atoms with Gasteiger partial charge in [-0.25, -0.2) is 4.79 Å². The van der Waals surface area contributed by atoms with Crippen LogP contribution in [0.25, 0.3) is 0 Å². The maximum Gasteiger partial charge on any atom is 0.337 e. The van der Waals surface area contributed by atoms with Crippen molar-refractivity contribution in [2.24, 2.45) is 0 Å². The summed E-state index contributed by atoms with van der Waals surface area (Å²) in [5, 5.41) is 9.20. The van der Waals surface area contributed by atoms with E-state index in [1.807, 2.05) is 30.3 Å². The smallest absolute Gasteiger partial charge is 0.337 e. The molecule has 1 aromatic carbocycles. The molecular weight excluding hydrogens is 196 g/mol. The summed E-state index contributed by atoms with van der Waals surface area (Å²) in [5.41, 5.74) is 0.995. The first kappa shape index (κ1) is 11.7. The summed E-state index contributed by atoms with van der Waals surface area (Å²) < 4.78 is 9.50. The molecule has 0 fully saturated rings. The first-order valence-electron chi connectivity index (χ1n) is 4.61. The molecule has 1 atom stereocenters. The predicted molar refractivity (Wildman–Crippen MR) is 54.1 cm³/mol. The van der Waals surface area contributed by atoms with Crippen LogP contribution in [0.3, 0.4) is 0 Å². The molecule has 0 spiro atoms. The van der Waals surface area contributed by atoms with Gasteiger partial charge in [0.05, 0.1) is 20.3 Å². The number of hydrogen-bond acceptors (Lipinski definition) is 4. The standard InChI is InChI=1S/C11H14O4/c1-14-11(13)10(12)8-15-7-9-5-3-2-4-6-9/h2-6,10,12H,7-8H2,1H3. The Bertz CT molecular complexity index is 297. The first-order valence-corrected chi connectivity index (χ1v) is 4.61. The van der Waals surface area contributed by atoms with Crippen LogP contribution in [-0.2, 0) is 20.9 Å². The van der Waals surface area contributed by atoms with Gasteiger partial charge in [-0.3, -0.25) is 0 Å². The molecule has 0 aliphatic heterocycles. The molecule has 1 unspecified atom stereocenters. The maximum absolute atomic E-state index is 10.8. The molecule has 0 aromatic heterocycles. The lowest BCUT2D eigenvalue weighted by Crippen LogP contribution is -2.26. The van der Waals surface area contributed by atoms with Crippen LogP contribution in [0.1, 0.15) is 5.56 Å². The summed E-state index contributed by atoms with van der Waals surface area (Å²) in [4.78, 5) is 10.8. The highest BCUT2D eigenvalue weighted by Gasteiger charge is 2.14. The second-order valence-electron chi connectivity index (χ2n) is 3.04. The number of methoxy groups -OCH3 is 1. The number of aliphatic hydroxyl groups excluding tert-OH is 1. The molecule has 4 nitrogen and oxygen atoms in total. The summed E-state index contributed by atoms with van der Waals surface area (Å²) >= 11 is 0. The highest BCUT2D eigenvalue weighted by molar-refractivity contribution is 5.74. The van der Waals surface area contributed by atoms with Crippen molar-refractivity contribution < 1.29 is 19.4 Å². The molecule has 0 radical (unpaired) electrons. The van der Waals surface area contributed by atoms with Crippen LogP contribution in [-0.4, -0.2) is 30.9 Å². The van der Waals surface area contributed by atoms with Crippen molar-refractivity contribution in [3.8, 4) is 0 Å². The SMILES string of the molecule is COC(=O)C(O)COCc1ccccc1. The lowest BCUT2D eigenvalue weighted by Gasteiger charge is -2.08. The third kappa shape index (κ3) is 4.10. The number of esters is 1. The molecule has 0 aliphatic rings. The molecule has 82 valence electrons. The largest absolute Gasteiger partial charge is 0.467 e. The van der Waals surface area contributed by atoms with Gasteiger partial charge < -0.3 is 14.6 Å². The number of hydrogen-bond donors (Lipinski definition) is 1. The second kappa shape index (κ2) is 6.16. The Labute approximate surface area is 88.4 Å². The zero-order chi connectivity index (χ0) is 11.1. The van der Waals surface area contributed by atoms with E-state index in [4.69, 9.17) is 4.74 Å². The number of rotatable bonds is 5. The van der Waals surface area contributed by atoms with E-state index in [0.717, 1.165) is 5.56 Å². The van der Waals surface area contributed by atoms with Crippen LogP contribution in [0, 0.1) is 0 Å². The van der Waals surface area contributed by atoms with Gasteiger partial charge in [-0.15, -0.1) is 0 Å². The van der Waals surface area contributed by atoms with Crippen LogP contribution in [0.4, 0.5) is 0 Å². The quantitative estimate of drug-likeness (QED) is 0.728. The molecule has 0 amide bonds. The Morgan fingerprint density at radius 1 is 1.40 bits per heavy atom. The molecule has 0 bridgehead atoms. The van der Waals surface area contributed by atoms with Gasteiger partial charge in [0.1, 0.15) is 0 Å². The number of carbonyl (C=O) groups is 1. The average Bonchev–Trinajstić information content (AvgIpc) is 2.29. The molecule has 0 saturated heterocycles. The van der Waals surface area contributed by atoms with Gasteiger partial charge in [0.25, 0.3) is 0 Å². The highest BCUT2D eigenvalue weighted by atomic mass is 16.5. The zero-order valence-corrected chi connectivity index (χ0v) is 8.55. The minimum Gasteiger partial charge on any atom is -0.467 e. The van der Waals surface area contributed by atoms with Gasteiger partial charge in [0.2, 0.25) is 0 Å². The van der Waals surface area contributed by atoms with Gasteiger partial charge in [0.15, 0.2) is 6.10 Å². The second-order valence-corrected chi connectivity index (χ2v) is 3.04. The number of carbonyl (C=O) groups excluding carboxylic acids is 1. The van der Waals surface area contributed by atoms with Crippen LogP contribution in [0.2, 0.25) is 0 Å². The molecule has 1 aromatic rings. The van der Waals surface area contributed by atoms with Gasteiger partial charge in [0, 0.05) is 0 Å². The highest BCUT2D eigenvalue weighted by Crippen LogP contribution is 2.01. The van der Waals surface area contributed by atoms with Gasteiger partial charge in [-0.2, -0.15) is 0 Å². The van der Waals surface area contributed by atoms with Crippen molar-refractivity contribution in [2.75, 3.05) is 13.7 Å². The summed E-state index contributed by atoms with van der Waals surface area (Å²) in [7, 11) is 1.22. The fraction of sp³-hybridized carbons (Fsp3) is 0.364. The van der Waals surface area contributed by atoms with Crippen molar-refractivity contribution in [3.05, 3.63) is 35.9 Å². The van der Waals surface area contributed by atoms with Crippen LogP contribution >= 0.6 is 0 Å². The predicted octanol–water partition coefficient (Wildman–Crippen LogP) is 0.737. The van der Waals surface area contributed by atoms with Gasteiger partial charge in [-0.05, 0) is 5.56 Å². The Morgan fingerprint density at radius 2 is 2.07 bits per heavy atom. The van der Waals surface area contributed by atoms with Crippen molar-refractivity contribution in [2.45, 2.75) is 12.7 Å². The molecule has 0 heterocycles. The van der Waals surface area contributed by atoms with E-state index in [1.165, 1.54) is 7.11 Å². The zero-order valence-electron chi connectivity index (χ0n) is 8.55. The van der Waals surface area contributed by atoms with E-state index >= 15 is 0 Å². The average molecular weight is 210 g/mol. The Hall–Kier alpha value is -1.39. The number of ether oxygens (including phenoxy) is 2. The topological polar surface area (TPSA) is 55.8 Å².